The fraction of sp³-hybridized carbons (Fsp3) is 0.348. The van der Waals surface area contributed by atoms with Gasteiger partial charge >= 0.3 is 0 Å². The van der Waals surface area contributed by atoms with Crippen LogP contribution in [-0.2, 0) is 13.1 Å². The van der Waals surface area contributed by atoms with Crippen LogP contribution in [0.3, 0.4) is 0 Å². The van der Waals surface area contributed by atoms with Crippen molar-refractivity contribution in [3.05, 3.63) is 81.2 Å². The van der Waals surface area contributed by atoms with Gasteiger partial charge in [-0.3, -0.25) is 9.89 Å². The monoisotopic (exact) mass is 470 g/mol. The Morgan fingerprint density at radius 1 is 1.03 bits per heavy atom. The van der Waals surface area contributed by atoms with Gasteiger partial charge in [-0.15, -0.1) is 0 Å². The van der Waals surface area contributed by atoms with Crippen LogP contribution in [0, 0.1) is 5.82 Å². The first kappa shape index (κ1) is 19.7. The third kappa shape index (κ3) is 3.55. The number of aliphatic hydroxyl groups is 1. The van der Waals surface area contributed by atoms with Crippen molar-refractivity contribution in [1.29, 1.82) is 0 Å². The molecule has 1 N–H and O–H groups in total. The molecular formula is C23H24BrFN4O. The predicted molar refractivity (Wildman–Crippen MR) is 118 cm³/mol. The quantitative estimate of drug-likeness (QED) is 0.741. The van der Waals surface area contributed by atoms with Crippen molar-refractivity contribution >= 4 is 21.9 Å². The van der Waals surface area contributed by atoms with E-state index in [2.05, 4.69) is 31.8 Å². The molecule has 156 valence electrons. The maximum Gasteiger partial charge on any atom is 0.203 e. The maximum absolute atomic E-state index is 14.1. The highest BCUT2D eigenvalue weighted by atomic mass is 79.9. The van der Waals surface area contributed by atoms with Crippen molar-refractivity contribution in [3.63, 3.8) is 0 Å². The summed E-state index contributed by atoms with van der Waals surface area (Å²) in [5.74, 6) is 0.686. The van der Waals surface area contributed by atoms with E-state index in [0.29, 0.717) is 25.2 Å². The summed E-state index contributed by atoms with van der Waals surface area (Å²) in [4.78, 5) is 11.2. The molecule has 30 heavy (non-hydrogen) atoms. The molecule has 0 fully saturated rings. The lowest BCUT2D eigenvalue weighted by atomic mass is 9.99. The van der Waals surface area contributed by atoms with Crippen molar-refractivity contribution < 1.29 is 9.50 Å². The standard InChI is InChI=1S/C23H24BrFN4O/c24-19-7-3-1-5-16(19)14-29-22(30)18-15-27(13-17-6-2-4-8-20(17)25)11-9-21(18)28-12-10-26-23(28)29/h1-8,22,30H,9-15H2. The minimum absolute atomic E-state index is 0.175. The Labute approximate surface area is 184 Å². The van der Waals surface area contributed by atoms with Crippen LogP contribution in [0.25, 0.3) is 0 Å². The lowest BCUT2D eigenvalue weighted by molar-refractivity contribution is 0.0466. The van der Waals surface area contributed by atoms with Crippen molar-refractivity contribution in [1.82, 2.24) is 14.7 Å². The number of aliphatic imine (C=N–C) groups is 1. The Morgan fingerprint density at radius 3 is 2.60 bits per heavy atom. The van der Waals surface area contributed by atoms with Crippen LogP contribution in [0.4, 0.5) is 4.39 Å². The zero-order valence-electron chi connectivity index (χ0n) is 16.6. The van der Waals surface area contributed by atoms with Gasteiger partial charge in [0.05, 0.1) is 6.54 Å². The first-order chi connectivity index (χ1) is 14.6. The SMILES string of the molecule is OC1C2=C(CCN(Cc3ccccc3F)C2)N2CCN=C2N1Cc1ccccc1Br. The van der Waals surface area contributed by atoms with E-state index in [4.69, 9.17) is 4.99 Å². The van der Waals surface area contributed by atoms with Gasteiger partial charge in [0, 0.05) is 60.5 Å². The maximum atomic E-state index is 14.1. The lowest BCUT2D eigenvalue weighted by Gasteiger charge is -2.46. The van der Waals surface area contributed by atoms with Crippen LogP contribution < -0.4 is 0 Å². The van der Waals surface area contributed by atoms with Gasteiger partial charge in [0.25, 0.3) is 0 Å². The van der Waals surface area contributed by atoms with Gasteiger partial charge in [-0.25, -0.2) is 4.39 Å². The number of halogens is 2. The van der Waals surface area contributed by atoms with Crippen molar-refractivity contribution in [3.8, 4) is 0 Å². The number of rotatable bonds is 4. The fourth-order valence-electron chi connectivity index (χ4n) is 4.58. The smallest absolute Gasteiger partial charge is 0.203 e. The number of aliphatic hydroxyl groups excluding tert-OH is 1. The van der Waals surface area contributed by atoms with E-state index in [1.807, 2.05) is 35.2 Å². The molecule has 0 spiro atoms. The molecule has 0 bridgehead atoms. The first-order valence-electron chi connectivity index (χ1n) is 10.3. The van der Waals surface area contributed by atoms with E-state index < -0.39 is 6.23 Å². The van der Waals surface area contributed by atoms with Gasteiger partial charge in [-0.2, -0.15) is 0 Å². The molecule has 3 aliphatic heterocycles. The molecule has 0 amide bonds. The largest absolute Gasteiger partial charge is 0.369 e. The average Bonchev–Trinajstić information content (AvgIpc) is 3.24. The average molecular weight is 471 g/mol. The Morgan fingerprint density at radius 2 is 1.80 bits per heavy atom. The van der Waals surface area contributed by atoms with Crippen LogP contribution in [-0.4, -0.2) is 58.2 Å². The topological polar surface area (TPSA) is 42.3 Å². The van der Waals surface area contributed by atoms with E-state index >= 15 is 0 Å². The Hall–Kier alpha value is -2.22. The molecule has 1 atom stereocenters. The summed E-state index contributed by atoms with van der Waals surface area (Å²) in [6, 6.07) is 15.0. The molecule has 0 saturated heterocycles. The van der Waals surface area contributed by atoms with E-state index in [0.717, 1.165) is 47.6 Å². The second kappa shape index (κ2) is 8.13. The number of benzene rings is 2. The molecule has 2 aromatic carbocycles. The number of fused-ring (bicyclic) bond motifs is 2. The lowest BCUT2D eigenvalue weighted by Crippen LogP contribution is -2.55. The normalized spacial score (nSPS) is 21.6. The van der Waals surface area contributed by atoms with E-state index in [9.17, 15) is 9.50 Å². The van der Waals surface area contributed by atoms with E-state index in [1.165, 1.54) is 11.8 Å². The van der Waals surface area contributed by atoms with E-state index in [-0.39, 0.29) is 5.82 Å². The molecule has 3 aliphatic rings. The molecular weight excluding hydrogens is 447 g/mol. The molecule has 0 aliphatic carbocycles. The summed E-state index contributed by atoms with van der Waals surface area (Å²) in [7, 11) is 0. The summed E-state index contributed by atoms with van der Waals surface area (Å²) in [6.07, 6.45) is 0.103. The van der Waals surface area contributed by atoms with Crippen LogP contribution in [0.2, 0.25) is 0 Å². The Balaban J connectivity index is 1.41. The highest BCUT2D eigenvalue weighted by Gasteiger charge is 2.41. The Bertz CT molecular complexity index is 1020. The molecule has 0 radical (unpaired) electrons. The molecule has 5 rings (SSSR count). The number of hydrogen-bond donors (Lipinski definition) is 1. The van der Waals surface area contributed by atoms with Crippen molar-refractivity contribution in [2.75, 3.05) is 26.2 Å². The predicted octanol–water partition coefficient (Wildman–Crippen LogP) is 3.55. The molecule has 7 heteroatoms. The molecule has 0 saturated carbocycles. The number of hydrogen-bond acceptors (Lipinski definition) is 5. The second-order valence-electron chi connectivity index (χ2n) is 7.95. The van der Waals surface area contributed by atoms with Crippen molar-refractivity contribution in [2.24, 2.45) is 4.99 Å². The Kier molecular flexibility index (Phi) is 5.35. The third-order valence-corrected chi connectivity index (χ3v) is 6.86. The van der Waals surface area contributed by atoms with Gasteiger partial charge in [0.1, 0.15) is 5.82 Å². The van der Waals surface area contributed by atoms with Crippen LogP contribution in [0.1, 0.15) is 17.5 Å². The van der Waals surface area contributed by atoms with Crippen LogP contribution in [0.15, 0.2) is 69.3 Å². The molecule has 1 unspecified atom stereocenters. The zero-order valence-corrected chi connectivity index (χ0v) is 18.2. The summed E-state index contributed by atoms with van der Waals surface area (Å²) in [5.41, 5.74) is 3.99. The van der Waals surface area contributed by atoms with Crippen molar-refractivity contribution in [2.45, 2.75) is 25.7 Å². The van der Waals surface area contributed by atoms with Gasteiger partial charge in [0.2, 0.25) is 5.96 Å². The fourth-order valence-corrected chi connectivity index (χ4v) is 4.99. The number of nitrogens with zero attached hydrogens (tertiary/aromatic N) is 4. The number of guanidine groups is 1. The third-order valence-electron chi connectivity index (χ3n) is 6.09. The molecule has 5 nitrogen and oxygen atoms in total. The minimum Gasteiger partial charge on any atom is -0.369 e. The molecule has 2 aromatic rings. The van der Waals surface area contributed by atoms with E-state index in [1.54, 1.807) is 6.07 Å². The molecule has 0 aromatic heterocycles. The first-order valence-corrected chi connectivity index (χ1v) is 11.1. The molecule has 3 heterocycles. The van der Waals surface area contributed by atoms with Gasteiger partial charge in [0.15, 0.2) is 6.23 Å². The highest BCUT2D eigenvalue weighted by Crippen LogP contribution is 2.35. The van der Waals surface area contributed by atoms with Gasteiger partial charge < -0.3 is 14.9 Å². The highest BCUT2D eigenvalue weighted by molar-refractivity contribution is 9.10. The summed E-state index contributed by atoms with van der Waals surface area (Å²) in [6.45, 7) is 4.17. The van der Waals surface area contributed by atoms with Gasteiger partial charge in [-0.05, 0) is 17.7 Å². The summed E-state index contributed by atoms with van der Waals surface area (Å²) >= 11 is 3.62. The van der Waals surface area contributed by atoms with Gasteiger partial charge in [-0.1, -0.05) is 52.3 Å². The second-order valence-corrected chi connectivity index (χ2v) is 8.80. The summed E-state index contributed by atoms with van der Waals surface area (Å²) in [5, 5.41) is 11.3. The van der Waals surface area contributed by atoms with Crippen LogP contribution in [0.5, 0.6) is 0 Å². The minimum atomic E-state index is -0.733. The summed E-state index contributed by atoms with van der Waals surface area (Å²) < 4.78 is 15.2. The zero-order chi connectivity index (χ0) is 20.7. The van der Waals surface area contributed by atoms with Crippen LogP contribution >= 0.6 is 15.9 Å².